The normalized spacial score (nSPS) is 14.7. The molecule has 0 spiro atoms. The number of halogens is 1. The molecule has 0 aliphatic carbocycles. The second-order valence-electron chi connectivity index (χ2n) is 7.40. The van der Waals surface area contributed by atoms with Crippen molar-refractivity contribution < 1.29 is 41.9 Å². The summed E-state index contributed by atoms with van der Waals surface area (Å²) >= 11 is 0. The third-order valence-electron chi connectivity index (χ3n) is 4.71. The van der Waals surface area contributed by atoms with Gasteiger partial charge < -0.3 is 5.32 Å². The molecule has 1 aromatic carbocycles. The number of pyridine rings is 1. The third kappa shape index (κ3) is 11.3. The van der Waals surface area contributed by atoms with E-state index >= 15 is 0 Å². The Kier molecular flexibility index (Phi) is 19.3. The Labute approximate surface area is 215 Å². The topological polar surface area (TPSA) is 45.2 Å². The van der Waals surface area contributed by atoms with E-state index in [1.807, 2.05) is 30.3 Å². The monoisotopic (exact) mass is 508 g/mol. The molecular formula is C25H42FN3OY. The van der Waals surface area contributed by atoms with E-state index in [-0.39, 0.29) is 72.8 Å². The number of hydrogen-bond acceptors (Lipinski definition) is 3. The van der Waals surface area contributed by atoms with Crippen LogP contribution in [0.4, 0.5) is 10.2 Å². The van der Waals surface area contributed by atoms with E-state index in [4.69, 9.17) is 0 Å². The van der Waals surface area contributed by atoms with Gasteiger partial charge >= 0.3 is 0 Å². The fraction of sp³-hybridized carbons (Fsp3) is 0.520. The van der Waals surface area contributed by atoms with Crippen LogP contribution in [-0.4, -0.2) is 34.4 Å². The van der Waals surface area contributed by atoms with Gasteiger partial charge in [0.1, 0.15) is 11.6 Å². The maximum atomic E-state index is 12.4. The molecule has 31 heavy (non-hydrogen) atoms. The zero-order valence-corrected chi connectivity index (χ0v) is 20.1. The smallest absolute Gasteiger partial charge is 0.242 e. The zero-order chi connectivity index (χ0) is 19.8. The quantitative estimate of drug-likeness (QED) is 0.497. The Hall–Kier alpha value is -1.17. The molecule has 1 unspecified atom stereocenters. The fourth-order valence-electron chi connectivity index (χ4n) is 3.18. The van der Waals surface area contributed by atoms with Crippen LogP contribution in [0.15, 0.2) is 48.7 Å². The Balaban J connectivity index is -0.000000493. The number of carbonyl (C=O) groups excluding carboxylic acids is 1. The van der Waals surface area contributed by atoms with E-state index in [0.717, 1.165) is 19.4 Å². The average molecular weight is 509 g/mol. The second kappa shape index (κ2) is 17.4. The van der Waals surface area contributed by atoms with Gasteiger partial charge in [-0.15, -0.1) is 0 Å². The fourth-order valence-corrected chi connectivity index (χ4v) is 3.18. The minimum atomic E-state index is -0.163. The number of likely N-dealkylation sites (tertiary alicyclic amines) is 1. The van der Waals surface area contributed by atoms with E-state index < -0.39 is 0 Å². The summed E-state index contributed by atoms with van der Waals surface area (Å²) in [6, 6.07) is 12.6. The predicted molar refractivity (Wildman–Crippen MR) is 128 cm³/mol. The van der Waals surface area contributed by atoms with Gasteiger partial charge in [-0.05, 0) is 69.0 Å². The summed E-state index contributed by atoms with van der Waals surface area (Å²) in [5, 5.41) is 2.88. The van der Waals surface area contributed by atoms with Gasteiger partial charge in [0.25, 0.3) is 0 Å². The summed E-state index contributed by atoms with van der Waals surface area (Å²) in [6.07, 6.45) is 3.72. The summed E-state index contributed by atoms with van der Waals surface area (Å²) in [5.41, 5.74) is 1.18. The Morgan fingerprint density at radius 3 is 2.16 bits per heavy atom. The molecule has 1 aliphatic heterocycles. The number of benzene rings is 1. The standard InChI is InChI=1S/C13H19N3O.C9H11F.3CH4.Y/c1-10(2)16-9-5-6-11(16)13(17)15-12-7-3-4-8-14-12;1-7(2)8-3-5-9(10)6-4-8;;;;/h3-4,7-8,10-11H,5-6,9H2,1-2H3,(H,14,15,17);3-7H,1-2H3;3*1H4;. The predicted octanol–water partition coefficient (Wildman–Crippen LogP) is 6.75. The molecule has 1 aromatic heterocycles. The van der Waals surface area contributed by atoms with Crippen LogP contribution in [-0.2, 0) is 37.5 Å². The minimum Gasteiger partial charge on any atom is -0.309 e. The number of amides is 1. The molecule has 1 atom stereocenters. The van der Waals surface area contributed by atoms with E-state index in [2.05, 4.69) is 42.9 Å². The molecule has 0 saturated carbocycles. The minimum absolute atomic E-state index is 0. The first-order valence-corrected chi connectivity index (χ1v) is 9.61. The van der Waals surface area contributed by atoms with Gasteiger partial charge in [0, 0.05) is 44.9 Å². The summed E-state index contributed by atoms with van der Waals surface area (Å²) in [6.45, 7) is 9.46. The van der Waals surface area contributed by atoms with E-state index in [1.165, 1.54) is 17.7 Å². The molecular weight excluding hydrogens is 466 g/mol. The molecule has 6 heteroatoms. The molecule has 3 rings (SSSR count). The molecule has 1 N–H and O–H groups in total. The van der Waals surface area contributed by atoms with Gasteiger partial charge in [-0.1, -0.05) is 54.3 Å². The number of aromatic nitrogens is 1. The number of carbonyl (C=O) groups is 1. The molecule has 1 fully saturated rings. The SMILES string of the molecule is C.C.C.CC(C)N1CCCC1C(=O)Nc1ccccn1.CC(C)c1ccc(F)cc1.[Y]. The number of nitrogens with zero attached hydrogens (tertiary/aromatic N) is 2. The molecule has 1 saturated heterocycles. The largest absolute Gasteiger partial charge is 0.309 e. The van der Waals surface area contributed by atoms with Crippen LogP contribution in [0.25, 0.3) is 0 Å². The van der Waals surface area contributed by atoms with Gasteiger partial charge in [-0.25, -0.2) is 9.37 Å². The van der Waals surface area contributed by atoms with Crippen LogP contribution >= 0.6 is 0 Å². The Morgan fingerprint density at radius 2 is 1.68 bits per heavy atom. The van der Waals surface area contributed by atoms with Crippen LogP contribution in [0, 0.1) is 5.82 Å². The second-order valence-corrected chi connectivity index (χ2v) is 7.40. The van der Waals surface area contributed by atoms with Crippen LogP contribution < -0.4 is 5.32 Å². The zero-order valence-electron chi connectivity index (χ0n) is 17.2. The van der Waals surface area contributed by atoms with Crippen molar-refractivity contribution in [1.82, 2.24) is 9.88 Å². The average Bonchev–Trinajstić information content (AvgIpc) is 3.14. The van der Waals surface area contributed by atoms with Gasteiger partial charge in [-0.3, -0.25) is 9.69 Å². The molecule has 1 aliphatic rings. The first kappa shape index (κ1) is 34.4. The van der Waals surface area contributed by atoms with Crippen LogP contribution in [0.1, 0.15) is 74.3 Å². The summed E-state index contributed by atoms with van der Waals surface area (Å²) < 4.78 is 12.4. The Morgan fingerprint density at radius 1 is 1.06 bits per heavy atom. The summed E-state index contributed by atoms with van der Waals surface area (Å²) in [7, 11) is 0. The first-order valence-electron chi connectivity index (χ1n) is 9.61. The number of nitrogens with one attached hydrogen (secondary N) is 1. The molecule has 4 nitrogen and oxygen atoms in total. The van der Waals surface area contributed by atoms with E-state index in [9.17, 15) is 9.18 Å². The van der Waals surface area contributed by atoms with Crippen molar-refractivity contribution in [1.29, 1.82) is 0 Å². The number of rotatable bonds is 4. The van der Waals surface area contributed by atoms with E-state index in [0.29, 0.717) is 17.8 Å². The summed E-state index contributed by atoms with van der Waals surface area (Å²) in [4.78, 5) is 18.5. The molecule has 0 bridgehead atoms. The van der Waals surface area contributed by atoms with Crippen molar-refractivity contribution >= 4 is 11.7 Å². The van der Waals surface area contributed by atoms with Crippen molar-refractivity contribution in [3.05, 3.63) is 60.0 Å². The van der Waals surface area contributed by atoms with Crippen molar-refractivity contribution in [3.8, 4) is 0 Å². The van der Waals surface area contributed by atoms with Gasteiger partial charge in [-0.2, -0.15) is 0 Å². The maximum absolute atomic E-state index is 12.4. The molecule has 1 amide bonds. The Bertz CT molecular complexity index is 708. The molecule has 2 aromatic rings. The van der Waals surface area contributed by atoms with Crippen molar-refractivity contribution in [2.45, 2.75) is 80.8 Å². The van der Waals surface area contributed by atoms with Crippen LogP contribution in [0.5, 0.6) is 0 Å². The van der Waals surface area contributed by atoms with Crippen LogP contribution in [0.3, 0.4) is 0 Å². The van der Waals surface area contributed by atoms with Gasteiger partial charge in [0.2, 0.25) is 5.91 Å². The van der Waals surface area contributed by atoms with Crippen LogP contribution in [0.2, 0.25) is 0 Å². The molecule has 1 radical (unpaired) electrons. The third-order valence-corrected chi connectivity index (χ3v) is 4.71. The van der Waals surface area contributed by atoms with Crippen molar-refractivity contribution in [2.75, 3.05) is 11.9 Å². The van der Waals surface area contributed by atoms with Crippen molar-refractivity contribution in [2.24, 2.45) is 0 Å². The summed E-state index contributed by atoms with van der Waals surface area (Å²) in [5.74, 6) is 1.02. The molecule has 173 valence electrons. The van der Waals surface area contributed by atoms with Crippen molar-refractivity contribution in [3.63, 3.8) is 0 Å². The van der Waals surface area contributed by atoms with E-state index in [1.54, 1.807) is 6.20 Å². The van der Waals surface area contributed by atoms with Gasteiger partial charge in [0.05, 0.1) is 6.04 Å². The first-order chi connectivity index (χ1) is 12.9. The maximum Gasteiger partial charge on any atom is 0.242 e. The van der Waals surface area contributed by atoms with Gasteiger partial charge in [0.15, 0.2) is 0 Å². The number of hydrogen-bond donors (Lipinski definition) is 1. The number of anilines is 1. The molecule has 2 heterocycles.